The third-order valence-electron chi connectivity index (χ3n) is 1.90. The smallest absolute Gasteiger partial charge is 0.382 e. The van der Waals surface area contributed by atoms with E-state index in [9.17, 15) is 26.3 Å². The van der Waals surface area contributed by atoms with E-state index in [1.165, 1.54) is 13.8 Å². The molecular formula is C8H13F6NO. The van der Waals surface area contributed by atoms with E-state index in [1.54, 1.807) is 0 Å². The summed E-state index contributed by atoms with van der Waals surface area (Å²) in [4.78, 5) is 0.526. The Morgan fingerprint density at radius 1 is 1.06 bits per heavy atom. The SMILES string of the molecule is CC(C)N(CC(O)C(F)(F)F)CC(F)(F)F. The highest BCUT2D eigenvalue weighted by Gasteiger charge is 2.41. The molecule has 8 heteroatoms. The van der Waals surface area contributed by atoms with Crippen LogP contribution >= 0.6 is 0 Å². The molecule has 0 aromatic heterocycles. The highest BCUT2D eigenvalue weighted by molar-refractivity contribution is 4.75. The number of rotatable bonds is 4. The zero-order valence-electron chi connectivity index (χ0n) is 8.73. The maximum Gasteiger partial charge on any atom is 0.415 e. The predicted octanol–water partition coefficient (Wildman–Crippen LogP) is 2.18. The standard InChI is InChI=1S/C8H13F6NO/c1-5(2)15(4-7(9,10)11)3-6(16)8(12,13)14/h5-6,16H,3-4H2,1-2H3. The molecule has 0 fully saturated rings. The summed E-state index contributed by atoms with van der Waals surface area (Å²) in [5.41, 5.74) is 0. The van der Waals surface area contributed by atoms with Crippen molar-refractivity contribution in [3.8, 4) is 0 Å². The van der Waals surface area contributed by atoms with Crippen molar-refractivity contribution < 1.29 is 31.4 Å². The highest BCUT2D eigenvalue weighted by atomic mass is 19.4. The summed E-state index contributed by atoms with van der Waals surface area (Å²) in [5, 5.41) is 8.67. The van der Waals surface area contributed by atoms with Crippen molar-refractivity contribution in [3.05, 3.63) is 0 Å². The van der Waals surface area contributed by atoms with E-state index in [0.717, 1.165) is 0 Å². The van der Waals surface area contributed by atoms with Crippen molar-refractivity contribution in [2.24, 2.45) is 0 Å². The summed E-state index contributed by atoms with van der Waals surface area (Å²) in [6.45, 7) is 0.0994. The lowest BCUT2D eigenvalue weighted by Crippen LogP contribution is -2.47. The number of aliphatic hydroxyl groups is 1. The minimum Gasteiger partial charge on any atom is -0.382 e. The number of hydrogen-bond donors (Lipinski definition) is 1. The molecule has 0 aliphatic carbocycles. The maximum atomic E-state index is 12.0. The first-order valence-corrected chi connectivity index (χ1v) is 4.49. The summed E-state index contributed by atoms with van der Waals surface area (Å²) in [6.07, 6.45) is -12.3. The summed E-state index contributed by atoms with van der Waals surface area (Å²) in [6, 6.07) is -0.737. The normalized spacial score (nSPS) is 15.9. The van der Waals surface area contributed by atoms with Crippen LogP contribution in [0.15, 0.2) is 0 Å². The molecule has 2 nitrogen and oxygen atoms in total. The van der Waals surface area contributed by atoms with E-state index in [1.807, 2.05) is 0 Å². The summed E-state index contributed by atoms with van der Waals surface area (Å²) < 4.78 is 71.9. The van der Waals surface area contributed by atoms with Gasteiger partial charge in [0, 0.05) is 12.6 Å². The fourth-order valence-corrected chi connectivity index (χ4v) is 1.01. The molecule has 0 radical (unpaired) electrons. The van der Waals surface area contributed by atoms with Gasteiger partial charge in [-0.2, -0.15) is 26.3 Å². The van der Waals surface area contributed by atoms with Gasteiger partial charge in [-0.25, -0.2) is 0 Å². The largest absolute Gasteiger partial charge is 0.415 e. The molecule has 0 saturated heterocycles. The quantitative estimate of drug-likeness (QED) is 0.776. The zero-order valence-corrected chi connectivity index (χ0v) is 8.73. The first-order valence-electron chi connectivity index (χ1n) is 4.49. The lowest BCUT2D eigenvalue weighted by molar-refractivity contribution is -0.216. The van der Waals surface area contributed by atoms with Crippen molar-refractivity contribution in [2.45, 2.75) is 38.3 Å². The van der Waals surface area contributed by atoms with Crippen molar-refractivity contribution >= 4 is 0 Å². The van der Waals surface area contributed by atoms with E-state index in [0.29, 0.717) is 4.90 Å². The Balaban J connectivity index is 4.47. The second kappa shape index (κ2) is 5.22. The minimum absolute atomic E-state index is 0.526. The molecule has 1 unspecified atom stereocenters. The second-order valence-corrected chi connectivity index (χ2v) is 3.70. The van der Waals surface area contributed by atoms with E-state index in [2.05, 4.69) is 0 Å². The molecule has 0 spiro atoms. The summed E-state index contributed by atoms with van der Waals surface area (Å²) in [5.74, 6) is 0. The lowest BCUT2D eigenvalue weighted by Gasteiger charge is -2.30. The molecule has 98 valence electrons. The molecule has 0 saturated carbocycles. The molecule has 0 aliphatic rings. The lowest BCUT2D eigenvalue weighted by atomic mass is 10.2. The number of aliphatic hydroxyl groups excluding tert-OH is 1. The molecule has 16 heavy (non-hydrogen) atoms. The van der Waals surface area contributed by atoms with E-state index in [4.69, 9.17) is 5.11 Å². The van der Waals surface area contributed by atoms with Gasteiger partial charge in [-0.3, -0.25) is 4.90 Å². The van der Waals surface area contributed by atoms with Gasteiger partial charge in [-0.15, -0.1) is 0 Å². The van der Waals surface area contributed by atoms with Gasteiger partial charge < -0.3 is 5.11 Å². The van der Waals surface area contributed by atoms with Crippen LogP contribution in [0.2, 0.25) is 0 Å². The fourth-order valence-electron chi connectivity index (χ4n) is 1.01. The first-order chi connectivity index (χ1) is 6.93. The third-order valence-corrected chi connectivity index (χ3v) is 1.90. The molecule has 0 rings (SSSR count). The van der Waals surface area contributed by atoms with Gasteiger partial charge in [0.2, 0.25) is 0 Å². The van der Waals surface area contributed by atoms with Crippen molar-refractivity contribution in [1.29, 1.82) is 0 Å². The highest BCUT2D eigenvalue weighted by Crippen LogP contribution is 2.23. The van der Waals surface area contributed by atoms with Gasteiger partial charge in [0.25, 0.3) is 0 Å². The van der Waals surface area contributed by atoms with E-state index in [-0.39, 0.29) is 0 Å². The zero-order chi connectivity index (χ0) is 13.1. The number of halogens is 6. The van der Waals surface area contributed by atoms with Crippen LogP contribution in [0.4, 0.5) is 26.3 Å². The average Bonchev–Trinajstić information content (AvgIpc) is 1.98. The summed E-state index contributed by atoms with van der Waals surface area (Å²) >= 11 is 0. The molecule has 0 amide bonds. The summed E-state index contributed by atoms with van der Waals surface area (Å²) in [7, 11) is 0. The van der Waals surface area contributed by atoms with Crippen LogP contribution in [0.1, 0.15) is 13.8 Å². The first kappa shape index (κ1) is 15.5. The van der Waals surface area contributed by atoms with Crippen LogP contribution in [-0.2, 0) is 0 Å². The Hall–Kier alpha value is -0.500. The van der Waals surface area contributed by atoms with Crippen molar-refractivity contribution in [3.63, 3.8) is 0 Å². The predicted molar refractivity (Wildman–Crippen MR) is 44.8 cm³/mol. The Kier molecular flexibility index (Phi) is 5.06. The molecular weight excluding hydrogens is 240 g/mol. The van der Waals surface area contributed by atoms with Crippen LogP contribution in [0.25, 0.3) is 0 Å². The molecule has 0 heterocycles. The van der Waals surface area contributed by atoms with Crippen LogP contribution in [-0.4, -0.2) is 47.6 Å². The second-order valence-electron chi connectivity index (χ2n) is 3.70. The maximum absolute atomic E-state index is 12.0. The Labute approximate surface area is 88.8 Å². The molecule has 1 N–H and O–H groups in total. The van der Waals surface area contributed by atoms with Crippen LogP contribution in [0, 0.1) is 0 Å². The van der Waals surface area contributed by atoms with Crippen LogP contribution in [0.3, 0.4) is 0 Å². The van der Waals surface area contributed by atoms with E-state index < -0.39 is 37.6 Å². The number of alkyl halides is 6. The molecule has 0 aromatic rings. The third kappa shape index (κ3) is 6.16. The van der Waals surface area contributed by atoms with Gasteiger partial charge in [-0.05, 0) is 13.8 Å². The Bertz CT molecular complexity index is 212. The van der Waals surface area contributed by atoms with Crippen LogP contribution in [0.5, 0.6) is 0 Å². The minimum atomic E-state index is -4.90. The number of hydrogen-bond acceptors (Lipinski definition) is 2. The van der Waals surface area contributed by atoms with Crippen molar-refractivity contribution in [1.82, 2.24) is 4.90 Å². The van der Waals surface area contributed by atoms with Gasteiger partial charge in [0.1, 0.15) is 0 Å². The van der Waals surface area contributed by atoms with Gasteiger partial charge in [-0.1, -0.05) is 0 Å². The molecule has 0 aliphatic heterocycles. The van der Waals surface area contributed by atoms with Gasteiger partial charge in [0.15, 0.2) is 6.10 Å². The van der Waals surface area contributed by atoms with Crippen molar-refractivity contribution in [2.75, 3.05) is 13.1 Å². The van der Waals surface area contributed by atoms with Gasteiger partial charge >= 0.3 is 12.4 Å². The van der Waals surface area contributed by atoms with Gasteiger partial charge in [0.05, 0.1) is 6.54 Å². The van der Waals surface area contributed by atoms with Crippen LogP contribution < -0.4 is 0 Å². The number of nitrogens with zero attached hydrogens (tertiary/aromatic N) is 1. The topological polar surface area (TPSA) is 23.5 Å². The Morgan fingerprint density at radius 2 is 1.50 bits per heavy atom. The monoisotopic (exact) mass is 253 g/mol. The average molecular weight is 253 g/mol. The molecule has 0 aromatic carbocycles. The fraction of sp³-hybridized carbons (Fsp3) is 1.00. The molecule has 1 atom stereocenters. The molecule has 0 bridgehead atoms. The Morgan fingerprint density at radius 3 is 1.75 bits per heavy atom. The van der Waals surface area contributed by atoms with E-state index >= 15 is 0 Å².